The van der Waals surface area contributed by atoms with Gasteiger partial charge in [0.25, 0.3) is 5.91 Å². The van der Waals surface area contributed by atoms with Crippen LogP contribution in [0.2, 0.25) is 5.02 Å². The fourth-order valence-electron chi connectivity index (χ4n) is 3.12. The Kier molecular flexibility index (Phi) is 5.57. The Bertz CT molecular complexity index is 801. The lowest BCUT2D eigenvalue weighted by atomic mass is 9.65. The molecule has 0 spiro atoms. The summed E-state index contributed by atoms with van der Waals surface area (Å²) in [6.45, 7) is 2.71. The lowest BCUT2D eigenvalue weighted by molar-refractivity contribution is -0.130. The number of carbonyl (C=O) groups is 2. The van der Waals surface area contributed by atoms with Crippen LogP contribution in [-0.2, 0) is 10.2 Å². The number of benzene rings is 1. The summed E-state index contributed by atoms with van der Waals surface area (Å²) >= 11 is 5.92. The number of carbonyl (C=O) groups excluding carboxylic acids is 2. The van der Waals surface area contributed by atoms with E-state index in [2.05, 4.69) is 15.6 Å². The van der Waals surface area contributed by atoms with Crippen LogP contribution in [0.3, 0.4) is 0 Å². The van der Waals surface area contributed by atoms with E-state index < -0.39 is 5.41 Å². The van der Waals surface area contributed by atoms with E-state index in [9.17, 15) is 9.59 Å². The quantitative estimate of drug-likeness (QED) is 0.808. The molecule has 1 aromatic heterocycles. The van der Waals surface area contributed by atoms with Gasteiger partial charge in [0.15, 0.2) is 0 Å². The highest BCUT2D eigenvalue weighted by molar-refractivity contribution is 6.31. The SMILES string of the molecule is CCCNC(=O)C1(c2ccc(NC(=O)c3cccc(Cl)c3)cn2)CCC1. The normalized spacial score (nSPS) is 15.0. The highest BCUT2D eigenvalue weighted by Gasteiger charge is 2.46. The first kappa shape index (κ1) is 18.4. The van der Waals surface area contributed by atoms with Crippen LogP contribution < -0.4 is 10.6 Å². The third-order valence-electron chi connectivity index (χ3n) is 4.78. The fourth-order valence-corrected chi connectivity index (χ4v) is 3.31. The van der Waals surface area contributed by atoms with Crippen molar-refractivity contribution >= 4 is 29.1 Å². The van der Waals surface area contributed by atoms with Crippen molar-refractivity contribution in [2.24, 2.45) is 0 Å². The van der Waals surface area contributed by atoms with Gasteiger partial charge in [0, 0.05) is 17.1 Å². The van der Waals surface area contributed by atoms with Gasteiger partial charge in [0.2, 0.25) is 5.91 Å². The van der Waals surface area contributed by atoms with Gasteiger partial charge in [-0.15, -0.1) is 0 Å². The minimum Gasteiger partial charge on any atom is -0.355 e. The molecule has 3 rings (SSSR count). The summed E-state index contributed by atoms with van der Waals surface area (Å²) in [5, 5.41) is 6.30. The molecule has 0 atom stereocenters. The molecule has 0 radical (unpaired) electrons. The molecule has 0 unspecified atom stereocenters. The summed E-state index contributed by atoms with van der Waals surface area (Å²) in [6.07, 6.45) is 5.15. The van der Waals surface area contributed by atoms with Gasteiger partial charge < -0.3 is 10.6 Å². The summed E-state index contributed by atoms with van der Waals surface area (Å²) < 4.78 is 0. The second-order valence-corrected chi connectivity index (χ2v) is 7.02. The third-order valence-corrected chi connectivity index (χ3v) is 5.01. The van der Waals surface area contributed by atoms with E-state index in [1.807, 2.05) is 13.0 Å². The van der Waals surface area contributed by atoms with Crippen molar-refractivity contribution < 1.29 is 9.59 Å². The Morgan fingerprint density at radius 2 is 2.04 bits per heavy atom. The minimum absolute atomic E-state index is 0.0498. The molecule has 0 bridgehead atoms. The molecule has 1 aromatic carbocycles. The third kappa shape index (κ3) is 3.73. The van der Waals surface area contributed by atoms with E-state index in [1.54, 1.807) is 36.5 Å². The van der Waals surface area contributed by atoms with Crippen molar-refractivity contribution in [2.45, 2.75) is 38.0 Å². The van der Waals surface area contributed by atoms with Gasteiger partial charge >= 0.3 is 0 Å². The van der Waals surface area contributed by atoms with E-state index >= 15 is 0 Å². The lowest BCUT2D eigenvalue weighted by Gasteiger charge is -2.39. The summed E-state index contributed by atoms with van der Waals surface area (Å²) in [5.41, 5.74) is 1.31. The molecular formula is C20H22ClN3O2. The summed E-state index contributed by atoms with van der Waals surface area (Å²) in [5.74, 6) is -0.199. The topological polar surface area (TPSA) is 71.1 Å². The van der Waals surface area contributed by atoms with E-state index in [-0.39, 0.29) is 11.8 Å². The molecule has 1 heterocycles. The highest BCUT2D eigenvalue weighted by Crippen LogP contribution is 2.43. The first-order valence-electron chi connectivity index (χ1n) is 8.87. The van der Waals surface area contributed by atoms with Crippen molar-refractivity contribution in [3.05, 3.63) is 58.9 Å². The van der Waals surface area contributed by atoms with Gasteiger partial charge in [-0.3, -0.25) is 14.6 Å². The van der Waals surface area contributed by atoms with Crippen molar-refractivity contribution in [3.8, 4) is 0 Å². The van der Waals surface area contributed by atoms with Gasteiger partial charge in [-0.25, -0.2) is 0 Å². The van der Waals surface area contributed by atoms with Crippen LogP contribution >= 0.6 is 11.6 Å². The average Bonchev–Trinajstić information content (AvgIpc) is 2.60. The lowest BCUT2D eigenvalue weighted by Crippen LogP contribution is -2.49. The number of pyridine rings is 1. The first-order valence-corrected chi connectivity index (χ1v) is 9.25. The second kappa shape index (κ2) is 7.87. The molecule has 136 valence electrons. The van der Waals surface area contributed by atoms with Crippen LogP contribution in [0.15, 0.2) is 42.6 Å². The summed E-state index contributed by atoms with van der Waals surface area (Å²) in [6, 6.07) is 10.4. The molecule has 2 N–H and O–H groups in total. The number of halogens is 1. The molecule has 2 amide bonds. The number of anilines is 1. The predicted molar refractivity (Wildman–Crippen MR) is 102 cm³/mol. The zero-order valence-corrected chi connectivity index (χ0v) is 15.5. The number of nitrogens with one attached hydrogen (secondary N) is 2. The number of hydrogen-bond donors (Lipinski definition) is 2. The molecule has 1 aliphatic carbocycles. The van der Waals surface area contributed by atoms with Crippen LogP contribution in [0.4, 0.5) is 5.69 Å². The first-order chi connectivity index (χ1) is 12.5. The highest BCUT2D eigenvalue weighted by atomic mass is 35.5. The van der Waals surface area contributed by atoms with Gasteiger partial charge in [0.05, 0.1) is 23.0 Å². The number of nitrogens with zero attached hydrogens (tertiary/aromatic N) is 1. The molecular weight excluding hydrogens is 350 g/mol. The maximum absolute atomic E-state index is 12.6. The number of amides is 2. The number of rotatable bonds is 6. The largest absolute Gasteiger partial charge is 0.355 e. The van der Waals surface area contributed by atoms with Crippen LogP contribution in [0.1, 0.15) is 48.7 Å². The molecule has 5 nitrogen and oxygen atoms in total. The molecule has 6 heteroatoms. The van der Waals surface area contributed by atoms with Crippen LogP contribution in [0.5, 0.6) is 0 Å². The van der Waals surface area contributed by atoms with Crippen molar-refractivity contribution in [3.63, 3.8) is 0 Å². The van der Waals surface area contributed by atoms with Gasteiger partial charge in [-0.05, 0) is 49.6 Å². The molecule has 26 heavy (non-hydrogen) atoms. The maximum atomic E-state index is 12.6. The van der Waals surface area contributed by atoms with Crippen LogP contribution in [-0.4, -0.2) is 23.3 Å². The van der Waals surface area contributed by atoms with Crippen molar-refractivity contribution in [1.82, 2.24) is 10.3 Å². The zero-order valence-electron chi connectivity index (χ0n) is 14.7. The van der Waals surface area contributed by atoms with Gasteiger partial charge in [-0.1, -0.05) is 31.0 Å². The Labute approximate surface area is 158 Å². The average molecular weight is 372 g/mol. The number of hydrogen-bond acceptors (Lipinski definition) is 3. The number of aromatic nitrogens is 1. The smallest absolute Gasteiger partial charge is 0.255 e. The van der Waals surface area contributed by atoms with E-state index in [0.29, 0.717) is 22.8 Å². The predicted octanol–water partition coefficient (Wildman–Crippen LogP) is 3.94. The van der Waals surface area contributed by atoms with E-state index in [4.69, 9.17) is 11.6 Å². The fraction of sp³-hybridized carbons (Fsp3) is 0.350. The molecule has 0 aliphatic heterocycles. The van der Waals surface area contributed by atoms with Crippen LogP contribution in [0.25, 0.3) is 0 Å². The Morgan fingerprint density at radius 3 is 2.62 bits per heavy atom. The summed E-state index contributed by atoms with van der Waals surface area (Å²) in [4.78, 5) is 29.3. The molecule has 1 aliphatic rings. The standard InChI is InChI=1S/C20H22ClN3O2/c1-2-11-22-19(26)20(9-4-10-20)17-8-7-16(13-23-17)24-18(25)14-5-3-6-15(21)12-14/h3,5-8,12-13H,2,4,9-11H2,1H3,(H,22,26)(H,24,25). The Balaban J connectivity index is 1.72. The second-order valence-electron chi connectivity index (χ2n) is 6.59. The van der Waals surface area contributed by atoms with E-state index in [1.165, 1.54) is 0 Å². The Morgan fingerprint density at radius 1 is 1.23 bits per heavy atom. The molecule has 1 fully saturated rings. The zero-order chi connectivity index (χ0) is 18.6. The van der Waals surface area contributed by atoms with Crippen LogP contribution in [0, 0.1) is 0 Å². The molecule has 1 saturated carbocycles. The van der Waals surface area contributed by atoms with Gasteiger partial charge in [-0.2, -0.15) is 0 Å². The van der Waals surface area contributed by atoms with Gasteiger partial charge in [0.1, 0.15) is 0 Å². The van der Waals surface area contributed by atoms with Crippen molar-refractivity contribution in [2.75, 3.05) is 11.9 Å². The molecule has 0 saturated heterocycles. The monoisotopic (exact) mass is 371 g/mol. The Hall–Kier alpha value is -2.40. The van der Waals surface area contributed by atoms with E-state index in [0.717, 1.165) is 31.4 Å². The maximum Gasteiger partial charge on any atom is 0.255 e. The van der Waals surface area contributed by atoms with Crippen molar-refractivity contribution in [1.29, 1.82) is 0 Å². The molecule has 2 aromatic rings. The minimum atomic E-state index is -0.523. The summed E-state index contributed by atoms with van der Waals surface area (Å²) in [7, 11) is 0.